The zero-order valence-electron chi connectivity index (χ0n) is 11.2. The van der Waals surface area contributed by atoms with Crippen molar-refractivity contribution in [3.63, 3.8) is 0 Å². The summed E-state index contributed by atoms with van der Waals surface area (Å²) >= 11 is 0. The van der Waals surface area contributed by atoms with E-state index >= 15 is 0 Å². The molecule has 20 heavy (non-hydrogen) atoms. The molecule has 1 aromatic heterocycles. The standard InChI is InChI=1S/C14H14N2O4/c1-3-4-12(18)16-11-6-5-9(8(2)17)7-10(11)15-13(16)14(19)20/h5-7H,3-4H2,1-2H3,(H,19,20). The summed E-state index contributed by atoms with van der Waals surface area (Å²) in [5.41, 5.74) is 1.17. The van der Waals surface area contributed by atoms with Gasteiger partial charge in [0, 0.05) is 12.0 Å². The highest BCUT2D eigenvalue weighted by Gasteiger charge is 2.21. The maximum atomic E-state index is 12.1. The number of nitrogens with zero attached hydrogens (tertiary/aromatic N) is 2. The Morgan fingerprint density at radius 1 is 1.30 bits per heavy atom. The molecule has 0 saturated heterocycles. The smallest absolute Gasteiger partial charge is 0.372 e. The maximum absolute atomic E-state index is 12.1. The van der Waals surface area contributed by atoms with E-state index in [1.54, 1.807) is 12.1 Å². The van der Waals surface area contributed by atoms with Crippen molar-refractivity contribution >= 4 is 28.7 Å². The van der Waals surface area contributed by atoms with Crippen LogP contribution in [0.2, 0.25) is 0 Å². The minimum Gasteiger partial charge on any atom is -0.475 e. The lowest BCUT2D eigenvalue weighted by Gasteiger charge is -2.04. The molecule has 0 bridgehead atoms. The average Bonchev–Trinajstić information content (AvgIpc) is 2.77. The van der Waals surface area contributed by atoms with Crippen LogP contribution in [0.1, 0.15) is 52.5 Å². The molecule has 0 fully saturated rings. The van der Waals surface area contributed by atoms with Crippen molar-refractivity contribution in [1.82, 2.24) is 9.55 Å². The first-order chi connectivity index (χ1) is 9.45. The first-order valence-corrected chi connectivity index (χ1v) is 6.25. The van der Waals surface area contributed by atoms with Gasteiger partial charge < -0.3 is 5.11 Å². The Balaban J connectivity index is 2.70. The van der Waals surface area contributed by atoms with Gasteiger partial charge >= 0.3 is 5.97 Å². The lowest BCUT2D eigenvalue weighted by atomic mass is 10.1. The van der Waals surface area contributed by atoms with Gasteiger partial charge in [-0.3, -0.25) is 14.2 Å². The third-order valence-electron chi connectivity index (χ3n) is 2.97. The van der Waals surface area contributed by atoms with Crippen LogP contribution >= 0.6 is 0 Å². The summed E-state index contributed by atoms with van der Waals surface area (Å²) in [6, 6.07) is 4.62. The van der Waals surface area contributed by atoms with Crippen molar-refractivity contribution in [1.29, 1.82) is 0 Å². The Labute approximate surface area is 115 Å². The van der Waals surface area contributed by atoms with E-state index in [0.29, 0.717) is 23.0 Å². The van der Waals surface area contributed by atoms with E-state index in [1.165, 1.54) is 13.0 Å². The zero-order chi connectivity index (χ0) is 14.9. The molecule has 1 N–H and O–H groups in total. The van der Waals surface area contributed by atoms with E-state index < -0.39 is 5.97 Å². The number of hydrogen-bond acceptors (Lipinski definition) is 4. The molecule has 0 amide bonds. The van der Waals surface area contributed by atoms with Crippen molar-refractivity contribution in [3.8, 4) is 0 Å². The lowest BCUT2D eigenvalue weighted by molar-refractivity contribution is 0.0666. The summed E-state index contributed by atoms with van der Waals surface area (Å²) in [7, 11) is 0. The first-order valence-electron chi connectivity index (χ1n) is 6.25. The van der Waals surface area contributed by atoms with Gasteiger partial charge in [-0.1, -0.05) is 6.92 Å². The van der Waals surface area contributed by atoms with Gasteiger partial charge in [-0.25, -0.2) is 9.78 Å². The monoisotopic (exact) mass is 274 g/mol. The van der Waals surface area contributed by atoms with Crippen LogP contribution in [0.3, 0.4) is 0 Å². The van der Waals surface area contributed by atoms with Crippen LogP contribution in [0.5, 0.6) is 0 Å². The Morgan fingerprint density at radius 2 is 2.00 bits per heavy atom. The molecule has 0 aliphatic heterocycles. The fourth-order valence-electron chi connectivity index (χ4n) is 2.02. The van der Waals surface area contributed by atoms with E-state index in [2.05, 4.69) is 4.98 Å². The van der Waals surface area contributed by atoms with Crippen molar-refractivity contribution in [2.45, 2.75) is 26.7 Å². The fourth-order valence-corrected chi connectivity index (χ4v) is 2.02. The minimum atomic E-state index is -1.27. The molecule has 6 heteroatoms. The number of carbonyl (C=O) groups excluding carboxylic acids is 2. The molecule has 104 valence electrons. The van der Waals surface area contributed by atoms with E-state index in [-0.39, 0.29) is 23.9 Å². The number of rotatable bonds is 4. The van der Waals surface area contributed by atoms with Crippen LogP contribution in [0, 0.1) is 0 Å². The second kappa shape index (κ2) is 5.24. The number of ketones is 1. The number of imidazole rings is 1. The predicted molar refractivity (Wildman–Crippen MR) is 72.2 cm³/mol. The van der Waals surface area contributed by atoms with E-state index in [9.17, 15) is 14.4 Å². The molecule has 1 heterocycles. The van der Waals surface area contributed by atoms with Gasteiger partial charge in [0.2, 0.25) is 11.7 Å². The van der Waals surface area contributed by atoms with E-state index in [4.69, 9.17) is 5.11 Å². The quantitative estimate of drug-likeness (QED) is 0.864. The Bertz CT molecular complexity index is 715. The number of carboxylic acid groups (broad SMARTS) is 1. The molecular weight excluding hydrogens is 260 g/mol. The van der Waals surface area contributed by atoms with Crippen LogP contribution in [0.25, 0.3) is 11.0 Å². The van der Waals surface area contributed by atoms with Crippen molar-refractivity contribution in [2.75, 3.05) is 0 Å². The lowest BCUT2D eigenvalue weighted by Crippen LogP contribution is -2.17. The number of Topliss-reactive ketones (excluding diaryl/α,β-unsaturated/α-hetero) is 1. The largest absolute Gasteiger partial charge is 0.475 e. The Kier molecular flexibility index (Phi) is 3.65. The number of benzene rings is 1. The summed E-state index contributed by atoms with van der Waals surface area (Å²) in [6.07, 6.45) is 0.850. The second-order valence-corrected chi connectivity index (χ2v) is 4.48. The van der Waals surface area contributed by atoms with Gasteiger partial charge in [0.05, 0.1) is 11.0 Å². The van der Waals surface area contributed by atoms with Gasteiger partial charge in [0.1, 0.15) is 0 Å². The maximum Gasteiger partial charge on any atom is 0.372 e. The van der Waals surface area contributed by atoms with Crippen LogP contribution < -0.4 is 0 Å². The van der Waals surface area contributed by atoms with Crippen LogP contribution in [0.15, 0.2) is 18.2 Å². The number of fused-ring (bicyclic) bond motifs is 1. The number of aromatic carboxylic acids is 1. The second-order valence-electron chi connectivity index (χ2n) is 4.48. The molecule has 2 rings (SSSR count). The molecule has 0 aliphatic carbocycles. The molecule has 6 nitrogen and oxygen atoms in total. The van der Waals surface area contributed by atoms with Gasteiger partial charge in [-0.2, -0.15) is 0 Å². The molecule has 0 radical (unpaired) electrons. The van der Waals surface area contributed by atoms with Crippen molar-refractivity contribution in [3.05, 3.63) is 29.6 Å². The molecule has 0 saturated carbocycles. The van der Waals surface area contributed by atoms with Gasteiger partial charge in [-0.15, -0.1) is 0 Å². The van der Waals surface area contributed by atoms with E-state index in [0.717, 1.165) is 4.57 Å². The van der Waals surface area contributed by atoms with Gasteiger partial charge in [-0.05, 0) is 31.5 Å². The highest BCUT2D eigenvalue weighted by Crippen LogP contribution is 2.19. The first kappa shape index (κ1) is 13.9. The Morgan fingerprint density at radius 3 is 2.55 bits per heavy atom. The third kappa shape index (κ3) is 2.32. The SMILES string of the molecule is CCCC(=O)n1c(C(=O)O)nc2cc(C(C)=O)ccc21. The summed E-state index contributed by atoms with van der Waals surface area (Å²) < 4.78 is 1.10. The predicted octanol–water partition coefficient (Wildman–Crippen LogP) is 2.38. The number of carboxylic acids is 1. The van der Waals surface area contributed by atoms with Crippen LogP contribution in [-0.2, 0) is 0 Å². The van der Waals surface area contributed by atoms with Crippen LogP contribution in [-0.4, -0.2) is 32.3 Å². The minimum absolute atomic E-state index is 0.141. The van der Waals surface area contributed by atoms with Crippen molar-refractivity contribution in [2.24, 2.45) is 0 Å². The van der Waals surface area contributed by atoms with Crippen molar-refractivity contribution < 1.29 is 19.5 Å². The number of aromatic nitrogens is 2. The Hall–Kier alpha value is -2.50. The fraction of sp³-hybridized carbons (Fsp3) is 0.286. The van der Waals surface area contributed by atoms with Crippen LogP contribution in [0.4, 0.5) is 0 Å². The van der Waals surface area contributed by atoms with E-state index in [1.807, 2.05) is 6.92 Å². The summed E-state index contributed by atoms with van der Waals surface area (Å²) in [5.74, 6) is -2.05. The molecule has 1 aromatic carbocycles. The zero-order valence-corrected chi connectivity index (χ0v) is 11.2. The number of carbonyl (C=O) groups is 3. The number of hydrogen-bond donors (Lipinski definition) is 1. The molecule has 0 aliphatic rings. The highest BCUT2D eigenvalue weighted by molar-refractivity contribution is 6.02. The topological polar surface area (TPSA) is 89.3 Å². The summed E-state index contributed by atoms with van der Waals surface area (Å²) in [5, 5.41) is 9.16. The average molecular weight is 274 g/mol. The van der Waals surface area contributed by atoms with Gasteiger partial charge in [0.15, 0.2) is 5.78 Å². The molecule has 0 atom stereocenters. The summed E-state index contributed by atoms with van der Waals surface area (Å²) in [4.78, 5) is 38.6. The highest BCUT2D eigenvalue weighted by atomic mass is 16.4. The molecule has 0 spiro atoms. The third-order valence-corrected chi connectivity index (χ3v) is 2.97. The normalized spacial score (nSPS) is 10.7. The molecular formula is C14H14N2O4. The molecule has 0 unspecified atom stereocenters. The van der Waals surface area contributed by atoms with Gasteiger partial charge in [0.25, 0.3) is 0 Å². The molecule has 2 aromatic rings. The summed E-state index contributed by atoms with van der Waals surface area (Å²) in [6.45, 7) is 3.25.